The van der Waals surface area contributed by atoms with Crippen LogP contribution in [0, 0.1) is 0 Å². The summed E-state index contributed by atoms with van der Waals surface area (Å²) >= 11 is 0. The third kappa shape index (κ3) is 6.52. The molecule has 1 radical (unpaired) electrons. The van der Waals surface area contributed by atoms with Crippen LogP contribution < -0.4 is 15.9 Å². The van der Waals surface area contributed by atoms with Gasteiger partial charge in [0.25, 0.3) is 0 Å². The zero-order valence-electron chi connectivity index (χ0n) is 21.6. The van der Waals surface area contributed by atoms with Crippen LogP contribution in [0.3, 0.4) is 0 Å². The van der Waals surface area contributed by atoms with Crippen LogP contribution >= 0.6 is 8.25 Å². The van der Waals surface area contributed by atoms with Crippen LogP contribution in [-0.2, 0) is 32.5 Å². The van der Waals surface area contributed by atoms with Crippen molar-refractivity contribution >= 4 is 44.3 Å². The van der Waals surface area contributed by atoms with Gasteiger partial charge in [-0.25, -0.2) is 9.78 Å². The van der Waals surface area contributed by atoms with Crippen LogP contribution in [0.25, 0.3) is 11.2 Å². The van der Waals surface area contributed by atoms with Crippen LogP contribution in [0.4, 0.5) is 5.95 Å². The number of carbonyl (C=O) groups excluding carboxylic acids is 1. The molecule has 39 heavy (non-hydrogen) atoms. The number of ether oxygens (including phenoxy) is 3. The molecular formula is C23H29BN5O9P+. The average molecular weight is 561 g/mol. The number of nitrogen functional groups attached to an aromatic ring is 1. The smallest absolute Gasteiger partial charge is 0.476 e. The lowest BCUT2D eigenvalue weighted by Crippen LogP contribution is -2.49. The van der Waals surface area contributed by atoms with Gasteiger partial charge in [-0.1, -0.05) is 35.8 Å². The van der Waals surface area contributed by atoms with Gasteiger partial charge in [0.15, 0.2) is 17.4 Å². The largest absolute Gasteiger partial charge is 0.698 e. The van der Waals surface area contributed by atoms with Crippen molar-refractivity contribution in [1.82, 2.24) is 19.5 Å². The quantitative estimate of drug-likeness (QED) is 0.172. The molecule has 0 saturated carbocycles. The van der Waals surface area contributed by atoms with E-state index in [1.807, 2.05) is 30.3 Å². The van der Waals surface area contributed by atoms with Crippen LogP contribution in [-0.4, -0.2) is 82.3 Å². The standard InChI is InChI=1S/C23H29BN5O9P/c1-4-33-16(30)12-36-39(32)35-11-15-18(31)23(3,38-24-14-9-7-6-8-10-14)21(37-15)29-13-26-17-19(29)27-22(25)28-20(17)34-5-2/h6-10,13,15,18,21,31H,4-5,11-12H2,1-3H3,(H2,25,27,28)/q+1/t15-,18-,21-,23-/m1/s1. The van der Waals surface area contributed by atoms with Crippen molar-refractivity contribution in [2.45, 2.75) is 44.8 Å². The summed E-state index contributed by atoms with van der Waals surface area (Å²) in [5.41, 5.74) is 5.90. The number of rotatable bonds is 13. The number of esters is 1. The lowest BCUT2D eigenvalue weighted by molar-refractivity contribution is -0.145. The summed E-state index contributed by atoms with van der Waals surface area (Å²) in [6.45, 7) is 4.70. The minimum atomic E-state index is -2.70. The molecule has 4 rings (SSSR count). The second kappa shape index (κ2) is 12.8. The Balaban J connectivity index is 1.58. The molecule has 207 valence electrons. The lowest BCUT2D eigenvalue weighted by atomic mass is 9.85. The summed E-state index contributed by atoms with van der Waals surface area (Å²) in [6.07, 6.45) is -1.83. The highest BCUT2D eigenvalue weighted by Gasteiger charge is 2.56. The van der Waals surface area contributed by atoms with Gasteiger partial charge in [-0.2, -0.15) is 9.97 Å². The predicted octanol–water partition coefficient (Wildman–Crippen LogP) is 1.04. The fraction of sp³-hybridized carbons (Fsp3) is 0.478. The van der Waals surface area contributed by atoms with Gasteiger partial charge in [0.2, 0.25) is 18.4 Å². The molecule has 3 heterocycles. The van der Waals surface area contributed by atoms with E-state index in [0.717, 1.165) is 5.46 Å². The molecule has 0 spiro atoms. The number of nitrogens with zero attached hydrogens (tertiary/aromatic N) is 4. The molecule has 2 aromatic heterocycles. The van der Waals surface area contributed by atoms with Crippen molar-refractivity contribution in [2.75, 3.05) is 32.2 Å². The van der Waals surface area contributed by atoms with Crippen LogP contribution in [0.5, 0.6) is 5.88 Å². The second-order valence-electron chi connectivity index (χ2n) is 8.54. The fourth-order valence-corrected chi connectivity index (χ4v) is 4.57. The molecule has 0 bridgehead atoms. The molecule has 1 unspecified atom stereocenters. The van der Waals surface area contributed by atoms with E-state index in [9.17, 15) is 14.5 Å². The predicted molar refractivity (Wildman–Crippen MR) is 138 cm³/mol. The summed E-state index contributed by atoms with van der Waals surface area (Å²) in [7, 11) is -1.20. The highest BCUT2D eigenvalue weighted by atomic mass is 31.1. The first-order chi connectivity index (χ1) is 18.8. The summed E-state index contributed by atoms with van der Waals surface area (Å²) in [4.78, 5) is 24.2. The van der Waals surface area contributed by atoms with Crippen molar-refractivity contribution in [3.63, 3.8) is 0 Å². The molecule has 1 aliphatic rings. The minimum Gasteiger partial charge on any atom is -0.476 e. The van der Waals surface area contributed by atoms with Crippen molar-refractivity contribution < 1.29 is 42.4 Å². The Morgan fingerprint density at radius 3 is 2.72 bits per heavy atom. The molecule has 3 N–H and O–H groups in total. The fourth-order valence-electron chi connectivity index (χ4n) is 4.01. The van der Waals surface area contributed by atoms with E-state index >= 15 is 0 Å². The molecule has 1 saturated heterocycles. The summed E-state index contributed by atoms with van der Waals surface area (Å²) in [6, 6.07) is 9.23. The van der Waals surface area contributed by atoms with Crippen LogP contribution in [0.2, 0.25) is 0 Å². The molecule has 16 heteroatoms. The first-order valence-corrected chi connectivity index (χ1v) is 13.3. The highest BCUT2D eigenvalue weighted by Crippen LogP contribution is 2.43. The second-order valence-corrected chi connectivity index (χ2v) is 9.51. The normalized spacial score (nSPS) is 23.1. The van der Waals surface area contributed by atoms with Crippen molar-refractivity contribution in [3.8, 4) is 5.88 Å². The Kier molecular flexibility index (Phi) is 9.43. The highest BCUT2D eigenvalue weighted by molar-refractivity contribution is 7.33. The number of fused-ring (bicyclic) bond motifs is 1. The molecule has 1 aromatic carbocycles. The molecule has 0 amide bonds. The maximum absolute atomic E-state index is 12.2. The molecular weight excluding hydrogens is 532 g/mol. The van der Waals surface area contributed by atoms with Gasteiger partial charge in [-0.15, -0.1) is 9.05 Å². The Labute approximate surface area is 225 Å². The molecule has 1 aliphatic heterocycles. The van der Waals surface area contributed by atoms with Gasteiger partial charge >= 0.3 is 21.7 Å². The molecule has 1 fully saturated rings. The molecule has 14 nitrogen and oxygen atoms in total. The molecule has 3 aromatic rings. The van der Waals surface area contributed by atoms with Crippen LogP contribution in [0.1, 0.15) is 27.0 Å². The van der Waals surface area contributed by atoms with E-state index in [-0.39, 0.29) is 25.0 Å². The SMILES string of the molecule is CCOC(=O)CO[P+](=O)OC[C@H]1O[C@@H](n2cnc3c(OCC)nc(N)nc32)[C@](C)(O[B]c2ccccc2)[C@@H]1O. The number of carbonyl (C=O) groups is 1. The number of nitrogens with two attached hydrogens (primary N) is 1. The van der Waals surface area contributed by atoms with E-state index in [1.54, 1.807) is 25.3 Å². The number of aliphatic hydroxyl groups is 1. The van der Waals surface area contributed by atoms with E-state index in [2.05, 4.69) is 15.0 Å². The minimum absolute atomic E-state index is 0.0413. The van der Waals surface area contributed by atoms with Gasteiger partial charge < -0.3 is 29.7 Å². The van der Waals surface area contributed by atoms with Crippen molar-refractivity contribution in [3.05, 3.63) is 36.7 Å². The van der Waals surface area contributed by atoms with Gasteiger partial charge in [-0.05, 0) is 20.8 Å². The lowest BCUT2D eigenvalue weighted by Gasteiger charge is -2.33. The Morgan fingerprint density at radius 1 is 1.23 bits per heavy atom. The third-order valence-corrected chi connectivity index (χ3v) is 6.56. The van der Waals surface area contributed by atoms with Gasteiger partial charge in [0.05, 0.1) is 19.5 Å². The van der Waals surface area contributed by atoms with Crippen molar-refractivity contribution in [1.29, 1.82) is 0 Å². The number of aromatic nitrogens is 4. The van der Waals surface area contributed by atoms with Gasteiger partial charge in [0, 0.05) is 4.57 Å². The number of imidazole rings is 1. The van der Waals surface area contributed by atoms with E-state index < -0.39 is 44.9 Å². The first kappa shape index (κ1) is 28.8. The topological polar surface area (TPSA) is 179 Å². The number of aliphatic hydroxyl groups excluding tert-OH is 1. The summed E-state index contributed by atoms with van der Waals surface area (Å²) < 4.78 is 46.5. The average Bonchev–Trinajstić information content (AvgIpc) is 3.44. The van der Waals surface area contributed by atoms with E-state index in [1.165, 1.54) is 13.8 Å². The van der Waals surface area contributed by atoms with Crippen LogP contribution in [0.15, 0.2) is 36.7 Å². The van der Waals surface area contributed by atoms with E-state index in [4.69, 9.17) is 33.6 Å². The maximum atomic E-state index is 12.2. The summed E-state index contributed by atoms with van der Waals surface area (Å²) in [5.74, 6) is -0.523. The first-order valence-electron chi connectivity index (χ1n) is 12.2. The summed E-state index contributed by atoms with van der Waals surface area (Å²) in [5, 5.41) is 11.3. The van der Waals surface area contributed by atoms with Crippen molar-refractivity contribution in [2.24, 2.45) is 0 Å². The Bertz CT molecular complexity index is 1300. The maximum Gasteiger partial charge on any atom is 0.698 e. The third-order valence-electron chi connectivity index (χ3n) is 5.86. The Morgan fingerprint density at radius 2 is 2.00 bits per heavy atom. The van der Waals surface area contributed by atoms with E-state index in [0.29, 0.717) is 17.8 Å². The zero-order chi connectivity index (χ0) is 28.0. The van der Waals surface area contributed by atoms with Gasteiger partial charge in [0.1, 0.15) is 24.4 Å². The monoisotopic (exact) mass is 561 g/mol. The number of anilines is 1. The van der Waals surface area contributed by atoms with Gasteiger partial charge in [-0.3, -0.25) is 4.57 Å². The molecule has 0 aliphatic carbocycles. The Hall–Kier alpha value is -3.20. The number of hydrogen-bond donors (Lipinski definition) is 2. The zero-order valence-corrected chi connectivity index (χ0v) is 22.5. The number of hydrogen-bond acceptors (Lipinski definition) is 13. The molecule has 5 atom stereocenters. The number of benzene rings is 1.